The van der Waals surface area contributed by atoms with Crippen molar-refractivity contribution in [3.8, 4) is 0 Å². The molecule has 1 aliphatic rings. The zero-order valence-corrected chi connectivity index (χ0v) is 18.7. The Morgan fingerprint density at radius 3 is 2.25 bits per heavy atom. The van der Waals surface area contributed by atoms with E-state index in [1.165, 1.54) is 27.8 Å². The van der Waals surface area contributed by atoms with Gasteiger partial charge in [0.25, 0.3) is 5.91 Å². The van der Waals surface area contributed by atoms with Crippen LogP contribution in [0.1, 0.15) is 32.0 Å². The molecule has 1 aromatic heterocycles. The van der Waals surface area contributed by atoms with E-state index in [1.807, 2.05) is 5.38 Å². The van der Waals surface area contributed by atoms with Gasteiger partial charge in [0, 0.05) is 31.7 Å². The van der Waals surface area contributed by atoms with Gasteiger partial charge in [-0.3, -0.25) is 9.59 Å². The molecule has 0 atom stereocenters. The van der Waals surface area contributed by atoms with Gasteiger partial charge >= 0.3 is 0 Å². The number of thiophene rings is 1. The van der Waals surface area contributed by atoms with E-state index in [-0.39, 0.29) is 36.2 Å². The van der Waals surface area contributed by atoms with Crippen LogP contribution in [-0.2, 0) is 10.0 Å². The Morgan fingerprint density at radius 1 is 0.844 bits per heavy atom. The number of benzene rings is 2. The van der Waals surface area contributed by atoms with Gasteiger partial charge in [-0.15, -0.1) is 11.3 Å². The number of nitrogens with zero attached hydrogens (tertiary/aromatic N) is 2. The van der Waals surface area contributed by atoms with Crippen LogP contribution in [0.3, 0.4) is 0 Å². The molecule has 2 heterocycles. The molecule has 0 unspecified atom stereocenters. The highest BCUT2D eigenvalue weighted by molar-refractivity contribution is 7.89. The number of amides is 1. The van der Waals surface area contributed by atoms with Gasteiger partial charge in [0.05, 0.1) is 15.3 Å². The van der Waals surface area contributed by atoms with Crippen molar-refractivity contribution in [2.75, 3.05) is 26.2 Å². The zero-order chi connectivity index (χ0) is 22.7. The fourth-order valence-corrected chi connectivity index (χ4v) is 5.82. The number of carbonyl (C=O) groups excluding carboxylic acids is 2. The van der Waals surface area contributed by atoms with E-state index in [9.17, 15) is 22.4 Å². The molecule has 0 aliphatic carbocycles. The van der Waals surface area contributed by atoms with Crippen molar-refractivity contribution in [3.63, 3.8) is 0 Å². The third kappa shape index (κ3) is 4.50. The summed E-state index contributed by atoms with van der Waals surface area (Å²) in [6, 6.07) is 14.9. The van der Waals surface area contributed by atoms with Crippen molar-refractivity contribution in [1.29, 1.82) is 0 Å². The first-order valence-corrected chi connectivity index (χ1v) is 12.4. The molecule has 0 spiro atoms. The molecule has 1 fully saturated rings. The molecule has 3 aromatic rings. The maximum Gasteiger partial charge on any atom is 0.254 e. The smallest absolute Gasteiger partial charge is 0.254 e. The highest BCUT2D eigenvalue weighted by Crippen LogP contribution is 2.22. The fourth-order valence-electron chi connectivity index (χ4n) is 3.67. The second-order valence-electron chi connectivity index (χ2n) is 7.36. The lowest BCUT2D eigenvalue weighted by molar-refractivity contribution is 0.0760. The van der Waals surface area contributed by atoms with Crippen LogP contribution in [0.15, 0.2) is 70.9 Å². The number of hydrogen-bond acceptors (Lipinski definition) is 5. The van der Waals surface area contributed by atoms with Gasteiger partial charge < -0.3 is 4.90 Å². The quantitative estimate of drug-likeness (QED) is 0.531. The number of halogens is 1. The van der Waals surface area contributed by atoms with Crippen molar-refractivity contribution >= 4 is 33.1 Å². The van der Waals surface area contributed by atoms with Crippen LogP contribution < -0.4 is 0 Å². The highest BCUT2D eigenvalue weighted by Gasteiger charge is 2.30. The molecule has 4 rings (SSSR count). The van der Waals surface area contributed by atoms with Gasteiger partial charge in [-0.2, -0.15) is 4.31 Å². The van der Waals surface area contributed by atoms with E-state index in [0.717, 1.165) is 12.1 Å². The largest absolute Gasteiger partial charge is 0.337 e. The summed E-state index contributed by atoms with van der Waals surface area (Å²) >= 11 is 1.32. The van der Waals surface area contributed by atoms with Crippen molar-refractivity contribution in [2.24, 2.45) is 0 Å². The molecule has 0 bridgehead atoms. The van der Waals surface area contributed by atoms with Crippen LogP contribution in [0.2, 0.25) is 0 Å². The average molecular weight is 473 g/mol. The van der Waals surface area contributed by atoms with Crippen LogP contribution in [0.25, 0.3) is 0 Å². The second-order valence-corrected chi connectivity index (χ2v) is 10.2. The van der Waals surface area contributed by atoms with Gasteiger partial charge in [0.2, 0.25) is 15.8 Å². The standard InChI is InChI=1S/C23H21FN2O4S2/c24-17-8-10-18(11-9-17)32(29,30)26-13-4-12-25(14-15-26)23(28)20-6-2-1-5-19(20)22(27)21-7-3-16-31-21/h1-3,5-11,16H,4,12-15H2. The number of sulfonamides is 1. The summed E-state index contributed by atoms with van der Waals surface area (Å²) < 4.78 is 40.4. The molecule has 1 amide bonds. The van der Waals surface area contributed by atoms with E-state index in [1.54, 1.807) is 41.3 Å². The predicted molar refractivity (Wildman–Crippen MR) is 120 cm³/mol. The summed E-state index contributed by atoms with van der Waals surface area (Å²) in [4.78, 5) is 28.3. The topological polar surface area (TPSA) is 74.8 Å². The maximum atomic E-state index is 13.3. The first-order chi connectivity index (χ1) is 15.4. The molecule has 2 aromatic carbocycles. The first-order valence-electron chi connectivity index (χ1n) is 10.1. The first kappa shape index (κ1) is 22.3. The normalized spacial score (nSPS) is 15.3. The summed E-state index contributed by atoms with van der Waals surface area (Å²) in [7, 11) is -3.79. The fraction of sp³-hybridized carbons (Fsp3) is 0.217. The minimum Gasteiger partial charge on any atom is -0.337 e. The lowest BCUT2D eigenvalue weighted by Crippen LogP contribution is -2.37. The molecule has 32 heavy (non-hydrogen) atoms. The lowest BCUT2D eigenvalue weighted by atomic mass is 10.0. The molecular weight excluding hydrogens is 451 g/mol. The van der Waals surface area contributed by atoms with E-state index in [4.69, 9.17) is 0 Å². The van der Waals surface area contributed by atoms with E-state index in [0.29, 0.717) is 29.0 Å². The summed E-state index contributed by atoms with van der Waals surface area (Å²) in [6.07, 6.45) is 0.452. The number of carbonyl (C=O) groups is 2. The monoisotopic (exact) mass is 472 g/mol. The number of ketones is 1. The van der Waals surface area contributed by atoms with E-state index < -0.39 is 15.8 Å². The molecule has 1 aliphatic heterocycles. The third-order valence-electron chi connectivity index (χ3n) is 5.34. The Hall–Kier alpha value is -2.88. The number of rotatable bonds is 5. The number of hydrogen-bond donors (Lipinski definition) is 0. The summed E-state index contributed by atoms with van der Waals surface area (Å²) in [5.74, 6) is -1.02. The Morgan fingerprint density at radius 2 is 1.56 bits per heavy atom. The molecule has 1 saturated heterocycles. The van der Waals surface area contributed by atoms with Gasteiger partial charge in [0.1, 0.15) is 5.82 Å². The molecule has 6 nitrogen and oxygen atoms in total. The van der Waals surface area contributed by atoms with Crippen LogP contribution in [0, 0.1) is 5.82 Å². The predicted octanol–water partition coefficient (Wildman–Crippen LogP) is 3.66. The van der Waals surface area contributed by atoms with Crippen molar-refractivity contribution in [2.45, 2.75) is 11.3 Å². The van der Waals surface area contributed by atoms with E-state index in [2.05, 4.69) is 0 Å². The van der Waals surface area contributed by atoms with E-state index >= 15 is 0 Å². The molecule has 166 valence electrons. The van der Waals surface area contributed by atoms with Crippen molar-refractivity contribution in [3.05, 3.63) is 87.9 Å². The SMILES string of the molecule is O=C(c1cccs1)c1ccccc1C(=O)N1CCCN(S(=O)(=O)c2ccc(F)cc2)CC1. The minimum absolute atomic E-state index is 0.0190. The Labute approximate surface area is 190 Å². The third-order valence-corrected chi connectivity index (χ3v) is 8.12. The van der Waals surface area contributed by atoms with Crippen LogP contribution >= 0.6 is 11.3 Å². The highest BCUT2D eigenvalue weighted by atomic mass is 32.2. The summed E-state index contributed by atoms with van der Waals surface area (Å²) in [5, 5.41) is 1.81. The molecule has 0 N–H and O–H groups in total. The van der Waals surface area contributed by atoms with Gasteiger partial charge in [0.15, 0.2) is 0 Å². The van der Waals surface area contributed by atoms with Crippen LogP contribution in [0.4, 0.5) is 4.39 Å². The van der Waals surface area contributed by atoms with Gasteiger partial charge in [-0.1, -0.05) is 24.3 Å². The zero-order valence-electron chi connectivity index (χ0n) is 17.1. The second kappa shape index (κ2) is 9.32. The van der Waals surface area contributed by atoms with Crippen LogP contribution in [-0.4, -0.2) is 55.5 Å². The van der Waals surface area contributed by atoms with Gasteiger partial charge in [-0.25, -0.2) is 12.8 Å². The summed E-state index contributed by atoms with van der Waals surface area (Å²) in [5.41, 5.74) is 0.640. The minimum atomic E-state index is -3.79. The maximum absolute atomic E-state index is 13.3. The molecule has 0 radical (unpaired) electrons. The summed E-state index contributed by atoms with van der Waals surface area (Å²) in [6.45, 7) is 0.933. The van der Waals surface area contributed by atoms with Gasteiger partial charge in [-0.05, 0) is 48.2 Å². The van der Waals surface area contributed by atoms with Crippen LogP contribution in [0.5, 0.6) is 0 Å². The molecule has 0 saturated carbocycles. The van der Waals surface area contributed by atoms with Crippen molar-refractivity contribution in [1.82, 2.24) is 9.21 Å². The Bertz CT molecular complexity index is 1230. The molecule has 9 heteroatoms. The Kier molecular flexibility index (Phi) is 6.50. The Balaban J connectivity index is 1.53. The molecular formula is C23H21FN2O4S2. The van der Waals surface area contributed by atoms with Crippen molar-refractivity contribution < 1.29 is 22.4 Å². The average Bonchev–Trinajstić information content (AvgIpc) is 3.22. The lowest BCUT2D eigenvalue weighted by Gasteiger charge is -2.23.